The van der Waals surface area contributed by atoms with Crippen LogP contribution in [0.15, 0.2) is 47.4 Å². The van der Waals surface area contributed by atoms with Crippen molar-refractivity contribution in [3.8, 4) is 0 Å². The Morgan fingerprint density at radius 2 is 1.75 bits per heavy atom. The van der Waals surface area contributed by atoms with Crippen LogP contribution in [0.1, 0.15) is 48.0 Å². The molecule has 3 rings (SSSR count). The van der Waals surface area contributed by atoms with Crippen molar-refractivity contribution in [1.82, 2.24) is 4.90 Å². The van der Waals surface area contributed by atoms with Crippen LogP contribution in [0.5, 0.6) is 0 Å². The monoisotopic (exact) mass is 481 g/mol. The Hall–Kier alpha value is -2.45. The highest BCUT2D eigenvalue weighted by Crippen LogP contribution is 2.25. The molecule has 0 spiro atoms. The average Bonchev–Trinajstić information content (AvgIpc) is 2.77. The molecule has 6 nitrogen and oxygen atoms in total. The van der Waals surface area contributed by atoms with Gasteiger partial charge < -0.3 is 9.64 Å². The van der Waals surface area contributed by atoms with Crippen LogP contribution < -0.4 is 0 Å². The Balaban J connectivity index is 1.71. The van der Waals surface area contributed by atoms with Crippen LogP contribution in [-0.4, -0.2) is 44.1 Å². The fraction of sp³-hybridized carbons (Fsp3) is 0.391. The molecule has 1 aliphatic carbocycles. The van der Waals surface area contributed by atoms with Gasteiger partial charge in [-0.2, -0.15) is 0 Å². The van der Waals surface area contributed by atoms with Gasteiger partial charge in [-0.15, -0.1) is 0 Å². The summed E-state index contributed by atoms with van der Waals surface area (Å²) in [6, 6.07) is 9.77. The summed E-state index contributed by atoms with van der Waals surface area (Å²) >= 11 is 5.91. The van der Waals surface area contributed by atoms with E-state index in [2.05, 4.69) is 0 Å². The van der Waals surface area contributed by atoms with E-state index in [9.17, 15) is 22.4 Å². The summed E-state index contributed by atoms with van der Waals surface area (Å²) in [6.45, 7) is -0.187. The molecule has 0 aliphatic heterocycles. The van der Waals surface area contributed by atoms with E-state index in [1.54, 1.807) is 17.0 Å². The molecule has 0 N–H and O–H groups in total. The second-order valence-corrected chi connectivity index (χ2v) is 10.3. The van der Waals surface area contributed by atoms with Crippen LogP contribution in [-0.2, 0) is 25.9 Å². The van der Waals surface area contributed by atoms with Gasteiger partial charge in [-0.05, 0) is 48.7 Å². The molecule has 2 aromatic rings. The molecule has 1 aliphatic rings. The van der Waals surface area contributed by atoms with Gasteiger partial charge in [0.25, 0.3) is 5.91 Å². The van der Waals surface area contributed by atoms with Gasteiger partial charge >= 0.3 is 5.97 Å². The Bertz CT molecular complexity index is 1080. The number of rotatable bonds is 7. The lowest BCUT2D eigenvalue weighted by atomic mass is 9.93. The zero-order valence-corrected chi connectivity index (χ0v) is 19.3. The molecule has 0 bridgehead atoms. The van der Waals surface area contributed by atoms with Crippen LogP contribution in [0.4, 0.5) is 4.39 Å². The molecule has 0 atom stereocenters. The van der Waals surface area contributed by atoms with Gasteiger partial charge in [0.05, 0.1) is 15.5 Å². The maximum absolute atomic E-state index is 13.3. The number of ether oxygens (including phenoxy) is 1. The fourth-order valence-corrected chi connectivity index (χ4v) is 5.11. The van der Waals surface area contributed by atoms with Crippen LogP contribution in [0, 0.1) is 5.82 Å². The molecule has 0 heterocycles. The molecule has 0 saturated heterocycles. The summed E-state index contributed by atoms with van der Waals surface area (Å²) in [4.78, 5) is 27.0. The van der Waals surface area contributed by atoms with Gasteiger partial charge in [0.15, 0.2) is 16.4 Å². The molecular weight excluding hydrogens is 457 g/mol. The Morgan fingerprint density at radius 3 is 2.38 bits per heavy atom. The minimum absolute atomic E-state index is 0.00268. The van der Waals surface area contributed by atoms with Crippen molar-refractivity contribution in [2.24, 2.45) is 0 Å². The second-order valence-electron chi connectivity index (χ2n) is 7.93. The van der Waals surface area contributed by atoms with Crippen LogP contribution in [0.3, 0.4) is 0 Å². The molecule has 32 heavy (non-hydrogen) atoms. The van der Waals surface area contributed by atoms with E-state index in [1.165, 1.54) is 24.3 Å². The number of benzene rings is 2. The van der Waals surface area contributed by atoms with Crippen molar-refractivity contribution >= 4 is 33.3 Å². The third-order valence-electron chi connectivity index (χ3n) is 5.50. The normalized spacial score (nSPS) is 14.7. The summed E-state index contributed by atoms with van der Waals surface area (Å²) in [7, 11) is -3.63. The standard InChI is InChI=1S/C23H25ClFNO5S/c1-32(29,30)21-13-17(9-12-20(21)24)23(28)31-15-22(27)26(19-5-3-2-4-6-19)14-16-7-10-18(25)11-8-16/h7-13,19H,2-6,14-15H2,1H3. The highest BCUT2D eigenvalue weighted by Gasteiger charge is 2.27. The lowest BCUT2D eigenvalue weighted by molar-refractivity contribution is -0.138. The second kappa shape index (κ2) is 10.4. The number of carbonyl (C=O) groups excluding carboxylic acids is 2. The third kappa shape index (κ3) is 6.29. The number of hydrogen-bond acceptors (Lipinski definition) is 5. The number of sulfone groups is 1. The van der Waals surface area contributed by atoms with Crippen molar-refractivity contribution in [2.75, 3.05) is 12.9 Å². The smallest absolute Gasteiger partial charge is 0.338 e. The van der Waals surface area contributed by atoms with E-state index in [1.807, 2.05) is 0 Å². The van der Waals surface area contributed by atoms with Crippen molar-refractivity contribution in [2.45, 2.75) is 49.6 Å². The zero-order chi connectivity index (χ0) is 23.3. The lowest BCUT2D eigenvalue weighted by Crippen LogP contribution is -2.43. The molecule has 2 aromatic carbocycles. The maximum atomic E-state index is 13.3. The molecule has 1 saturated carbocycles. The third-order valence-corrected chi connectivity index (χ3v) is 7.07. The van der Waals surface area contributed by atoms with E-state index in [-0.39, 0.29) is 33.2 Å². The minimum Gasteiger partial charge on any atom is -0.452 e. The number of halogens is 2. The molecule has 0 aromatic heterocycles. The number of amides is 1. The Kier molecular flexibility index (Phi) is 7.90. The number of nitrogens with zero attached hydrogens (tertiary/aromatic N) is 1. The van der Waals surface area contributed by atoms with Crippen LogP contribution >= 0.6 is 11.6 Å². The Labute approximate surface area is 192 Å². The van der Waals surface area contributed by atoms with Crippen molar-refractivity contribution < 1.29 is 27.1 Å². The van der Waals surface area contributed by atoms with Gasteiger partial charge in [0, 0.05) is 18.8 Å². The van der Waals surface area contributed by atoms with E-state index in [0.29, 0.717) is 6.54 Å². The van der Waals surface area contributed by atoms with E-state index in [0.717, 1.165) is 50.0 Å². The first kappa shape index (κ1) is 24.2. The van der Waals surface area contributed by atoms with Crippen molar-refractivity contribution in [3.63, 3.8) is 0 Å². The highest BCUT2D eigenvalue weighted by atomic mass is 35.5. The number of carbonyl (C=O) groups is 2. The topological polar surface area (TPSA) is 80.7 Å². The van der Waals surface area contributed by atoms with Gasteiger partial charge in [-0.1, -0.05) is 43.0 Å². The molecule has 0 unspecified atom stereocenters. The quantitative estimate of drug-likeness (QED) is 0.547. The predicted octanol–water partition coefficient (Wildman–Crippen LogP) is 4.40. The van der Waals surface area contributed by atoms with Gasteiger partial charge in [0.2, 0.25) is 0 Å². The summed E-state index contributed by atoms with van der Waals surface area (Å²) in [5.41, 5.74) is 0.775. The fourth-order valence-electron chi connectivity index (χ4n) is 3.81. The molecule has 9 heteroatoms. The first-order valence-corrected chi connectivity index (χ1v) is 12.6. The van der Waals surface area contributed by atoms with Crippen LogP contribution in [0.25, 0.3) is 0 Å². The summed E-state index contributed by atoms with van der Waals surface area (Å²) in [6.07, 6.45) is 5.84. The molecule has 0 radical (unpaired) electrons. The maximum Gasteiger partial charge on any atom is 0.338 e. The molecule has 1 fully saturated rings. The predicted molar refractivity (Wildman–Crippen MR) is 119 cm³/mol. The van der Waals surface area contributed by atoms with Gasteiger partial charge in [-0.25, -0.2) is 17.6 Å². The first-order valence-electron chi connectivity index (χ1n) is 10.4. The van der Waals surface area contributed by atoms with Crippen molar-refractivity contribution in [3.05, 3.63) is 64.4 Å². The summed E-state index contributed by atoms with van der Waals surface area (Å²) < 4.78 is 42.1. The molecular formula is C23H25ClFNO5S. The minimum atomic E-state index is -3.63. The van der Waals surface area contributed by atoms with E-state index in [4.69, 9.17) is 16.3 Å². The lowest BCUT2D eigenvalue weighted by Gasteiger charge is -2.34. The van der Waals surface area contributed by atoms with Gasteiger partial charge in [0.1, 0.15) is 5.82 Å². The number of hydrogen-bond donors (Lipinski definition) is 0. The van der Waals surface area contributed by atoms with E-state index >= 15 is 0 Å². The van der Waals surface area contributed by atoms with E-state index < -0.39 is 22.4 Å². The highest BCUT2D eigenvalue weighted by molar-refractivity contribution is 7.90. The largest absolute Gasteiger partial charge is 0.452 e. The zero-order valence-electron chi connectivity index (χ0n) is 17.7. The Morgan fingerprint density at radius 1 is 1.09 bits per heavy atom. The van der Waals surface area contributed by atoms with Gasteiger partial charge in [-0.3, -0.25) is 4.79 Å². The average molecular weight is 482 g/mol. The van der Waals surface area contributed by atoms with Crippen molar-refractivity contribution in [1.29, 1.82) is 0 Å². The molecule has 172 valence electrons. The number of esters is 1. The SMILES string of the molecule is CS(=O)(=O)c1cc(C(=O)OCC(=O)N(Cc2ccc(F)cc2)C2CCCCC2)ccc1Cl. The summed E-state index contributed by atoms with van der Waals surface area (Å²) in [5.74, 6) is -1.52. The summed E-state index contributed by atoms with van der Waals surface area (Å²) in [5, 5.41) is 0.00268. The first-order chi connectivity index (χ1) is 15.1. The molecule has 1 amide bonds. The van der Waals surface area contributed by atoms with Crippen LogP contribution in [0.2, 0.25) is 5.02 Å².